The molecular formula is C19H21ClN2O. The third kappa shape index (κ3) is 3.99. The maximum absolute atomic E-state index is 12.6. The maximum atomic E-state index is 12.6. The van der Waals surface area contributed by atoms with Gasteiger partial charge in [0, 0.05) is 28.8 Å². The molecule has 0 saturated carbocycles. The Morgan fingerprint density at radius 3 is 2.52 bits per heavy atom. The van der Waals surface area contributed by atoms with Gasteiger partial charge in [-0.2, -0.15) is 5.10 Å². The topological polar surface area (TPSA) is 32.7 Å². The monoisotopic (exact) mass is 328 g/mol. The molecule has 120 valence electrons. The lowest BCUT2D eigenvalue weighted by molar-refractivity contribution is -0.115. The van der Waals surface area contributed by atoms with Gasteiger partial charge in [-0.05, 0) is 37.1 Å². The molecule has 0 unspecified atom stereocenters. The second kappa shape index (κ2) is 7.93. The second-order valence-electron chi connectivity index (χ2n) is 5.29. The average molecular weight is 329 g/mol. The first-order valence-corrected chi connectivity index (χ1v) is 8.18. The van der Waals surface area contributed by atoms with E-state index in [4.69, 9.17) is 11.6 Å². The molecule has 0 amide bonds. The van der Waals surface area contributed by atoms with Crippen LogP contribution < -0.4 is 0 Å². The van der Waals surface area contributed by atoms with Gasteiger partial charge in [-0.25, -0.2) is 5.01 Å². The Kier molecular flexibility index (Phi) is 5.94. The van der Waals surface area contributed by atoms with E-state index in [1.165, 1.54) is 0 Å². The summed E-state index contributed by atoms with van der Waals surface area (Å²) in [5, 5.41) is 6.79. The normalized spacial score (nSPS) is 14.9. The zero-order valence-electron chi connectivity index (χ0n) is 13.6. The molecule has 1 aliphatic rings. The Labute approximate surface area is 142 Å². The van der Waals surface area contributed by atoms with Gasteiger partial charge >= 0.3 is 0 Å². The molecule has 0 aromatic heterocycles. The summed E-state index contributed by atoms with van der Waals surface area (Å²) in [4.78, 5) is 12.6. The zero-order chi connectivity index (χ0) is 16.8. The Morgan fingerprint density at radius 2 is 1.96 bits per heavy atom. The molecule has 1 aliphatic heterocycles. The minimum atomic E-state index is 0.150. The molecule has 1 heterocycles. The van der Waals surface area contributed by atoms with E-state index in [1.807, 2.05) is 50.3 Å². The van der Waals surface area contributed by atoms with Gasteiger partial charge in [-0.1, -0.05) is 44.2 Å². The number of rotatable bonds is 6. The standard InChI is InChI=1S/C19H21ClN2O/c1-4-7-18(23)17(5-2)19(15-9-11-16(20)12-10-15)22-14(3)8-6-13-21-22/h6,8-13H,3-5,7H2,1-2H3/b19-17+. The van der Waals surface area contributed by atoms with Crippen molar-refractivity contribution in [3.05, 3.63) is 64.9 Å². The van der Waals surface area contributed by atoms with Crippen LogP contribution in [0.25, 0.3) is 5.70 Å². The predicted molar refractivity (Wildman–Crippen MR) is 97.2 cm³/mol. The molecular weight excluding hydrogens is 308 g/mol. The van der Waals surface area contributed by atoms with Crippen molar-refractivity contribution in [1.29, 1.82) is 0 Å². The second-order valence-corrected chi connectivity index (χ2v) is 5.72. The first kappa shape index (κ1) is 17.2. The quantitative estimate of drug-likeness (QED) is 0.672. The average Bonchev–Trinajstić information content (AvgIpc) is 2.55. The van der Waals surface area contributed by atoms with Crippen molar-refractivity contribution in [1.82, 2.24) is 5.01 Å². The van der Waals surface area contributed by atoms with E-state index in [9.17, 15) is 4.79 Å². The van der Waals surface area contributed by atoms with Crippen molar-refractivity contribution in [2.24, 2.45) is 5.10 Å². The van der Waals surface area contributed by atoms with Gasteiger partial charge in [0.15, 0.2) is 5.78 Å². The minimum absolute atomic E-state index is 0.150. The van der Waals surface area contributed by atoms with Gasteiger partial charge in [-0.15, -0.1) is 0 Å². The number of carbonyl (C=O) groups is 1. The summed E-state index contributed by atoms with van der Waals surface area (Å²) in [5.74, 6) is 0.150. The van der Waals surface area contributed by atoms with Crippen molar-refractivity contribution in [2.75, 3.05) is 0 Å². The van der Waals surface area contributed by atoms with Crippen LogP contribution in [0.4, 0.5) is 0 Å². The highest BCUT2D eigenvalue weighted by molar-refractivity contribution is 6.30. The largest absolute Gasteiger partial charge is 0.294 e. The fourth-order valence-electron chi connectivity index (χ4n) is 2.51. The van der Waals surface area contributed by atoms with Gasteiger partial charge in [0.2, 0.25) is 0 Å². The van der Waals surface area contributed by atoms with Crippen molar-refractivity contribution >= 4 is 29.3 Å². The van der Waals surface area contributed by atoms with Crippen LogP contribution >= 0.6 is 11.6 Å². The summed E-state index contributed by atoms with van der Waals surface area (Å²) in [5.41, 5.74) is 3.19. The lowest BCUT2D eigenvalue weighted by Crippen LogP contribution is -2.20. The molecule has 2 rings (SSSR count). The molecule has 0 radical (unpaired) electrons. The highest BCUT2D eigenvalue weighted by Crippen LogP contribution is 2.31. The number of allylic oxidation sites excluding steroid dienone is 3. The fourth-order valence-corrected chi connectivity index (χ4v) is 2.64. The molecule has 23 heavy (non-hydrogen) atoms. The Balaban J connectivity index is 2.60. The summed E-state index contributed by atoms with van der Waals surface area (Å²) >= 11 is 6.00. The first-order chi connectivity index (χ1) is 11.1. The van der Waals surface area contributed by atoms with Crippen LogP contribution in [0.2, 0.25) is 5.02 Å². The van der Waals surface area contributed by atoms with Gasteiger partial charge in [-0.3, -0.25) is 4.79 Å². The lowest BCUT2D eigenvalue weighted by atomic mass is 9.97. The number of halogens is 1. The van der Waals surface area contributed by atoms with Crippen LogP contribution in [-0.2, 0) is 4.79 Å². The Morgan fingerprint density at radius 1 is 1.26 bits per heavy atom. The van der Waals surface area contributed by atoms with Gasteiger partial charge in [0.1, 0.15) is 0 Å². The van der Waals surface area contributed by atoms with Gasteiger partial charge < -0.3 is 0 Å². The molecule has 1 aromatic carbocycles. The van der Waals surface area contributed by atoms with E-state index in [-0.39, 0.29) is 5.78 Å². The van der Waals surface area contributed by atoms with Crippen LogP contribution in [0, 0.1) is 0 Å². The van der Waals surface area contributed by atoms with Crippen molar-refractivity contribution < 1.29 is 4.79 Å². The number of hydrazone groups is 1. The summed E-state index contributed by atoms with van der Waals surface area (Å²) in [6.45, 7) is 8.03. The first-order valence-electron chi connectivity index (χ1n) is 7.80. The number of carbonyl (C=O) groups excluding carboxylic acids is 1. The Bertz CT molecular complexity index is 684. The van der Waals surface area contributed by atoms with Gasteiger partial charge in [0.25, 0.3) is 0 Å². The van der Waals surface area contributed by atoms with Crippen LogP contribution in [0.3, 0.4) is 0 Å². The smallest absolute Gasteiger partial charge is 0.161 e. The fraction of sp³-hybridized carbons (Fsp3) is 0.263. The summed E-state index contributed by atoms with van der Waals surface area (Å²) in [7, 11) is 0. The van der Waals surface area contributed by atoms with Crippen LogP contribution in [0.15, 0.2) is 59.4 Å². The lowest BCUT2D eigenvalue weighted by Gasteiger charge is -2.27. The minimum Gasteiger partial charge on any atom is -0.294 e. The van der Waals surface area contributed by atoms with Crippen molar-refractivity contribution in [3.63, 3.8) is 0 Å². The number of hydrogen-bond acceptors (Lipinski definition) is 3. The van der Waals surface area contributed by atoms with Crippen molar-refractivity contribution in [3.8, 4) is 0 Å². The van der Waals surface area contributed by atoms with E-state index >= 15 is 0 Å². The van der Waals surface area contributed by atoms with E-state index < -0.39 is 0 Å². The Hall–Kier alpha value is -2.13. The summed E-state index contributed by atoms with van der Waals surface area (Å²) in [6, 6.07) is 7.46. The molecule has 0 N–H and O–H groups in total. The molecule has 0 fully saturated rings. The number of ketones is 1. The van der Waals surface area contributed by atoms with Crippen LogP contribution in [-0.4, -0.2) is 17.0 Å². The number of nitrogens with zero attached hydrogens (tertiary/aromatic N) is 2. The molecule has 0 atom stereocenters. The number of benzene rings is 1. The van der Waals surface area contributed by atoms with E-state index in [0.29, 0.717) is 17.9 Å². The third-order valence-corrected chi connectivity index (χ3v) is 3.86. The molecule has 0 saturated heterocycles. The maximum Gasteiger partial charge on any atom is 0.161 e. The van der Waals surface area contributed by atoms with Crippen molar-refractivity contribution in [2.45, 2.75) is 33.1 Å². The molecule has 0 spiro atoms. The zero-order valence-corrected chi connectivity index (χ0v) is 14.3. The number of Topliss-reactive ketones (excluding diaryl/α,β-unsaturated/α-hetero) is 1. The van der Waals surface area contributed by atoms with E-state index in [1.54, 1.807) is 11.2 Å². The van der Waals surface area contributed by atoms with E-state index in [0.717, 1.165) is 29.0 Å². The molecule has 0 bridgehead atoms. The number of hydrogen-bond donors (Lipinski definition) is 0. The van der Waals surface area contributed by atoms with Crippen LogP contribution in [0.5, 0.6) is 0 Å². The SMILES string of the molecule is C=C1C=CC=NN1/C(=C(\CC)C(=O)CCC)c1ccc(Cl)cc1. The third-order valence-electron chi connectivity index (χ3n) is 3.61. The predicted octanol–water partition coefficient (Wildman–Crippen LogP) is 5.20. The molecule has 1 aromatic rings. The highest BCUT2D eigenvalue weighted by Gasteiger charge is 2.22. The summed E-state index contributed by atoms with van der Waals surface area (Å²) < 4.78 is 0. The highest BCUT2D eigenvalue weighted by atomic mass is 35.5. The molecule has 3 nitrogen and oxygen atoms in total. The molecule has 4 heteroatoms. The van der Waals surface area contributed by atoms with Gasteiger partial charge in [0.05, 0.1) is 11.4 Å². The molecule has 0 aliphatic carbocycles. The summed E-state index contributed by atoms with van der Waals surface area (Å²) in [6.07, 6.45) is 7.39. The van der Waals surface area contributed by atoms with Crippen LogP contribution in [0.1, 0.15) is 38.7 Å². The van der Waals surface area contributed by atoms with E-state index in [2.05, 4.69) is 11.7 Å².